The van der Waals surface area contributed by atoms with Crippen LogP contribution in [0.2, 0.25) is 0 Å². The molecule has 88 valence electrons. The molecule has 0 aromatic heterocycles. The van der Waals surface area contributed by atoms with Gasteiger partial charge in [-0.15, -0.1) is 0 Å². The number of aryl methyl sites for hydroxylation is 2. The molecule has 0 saturated carbocycles. The van der Waals surface area contributed by atoms with Crippen molar-refractivity contribution in [3.63, 3.8) is 0 Å². The fraction of sp³-hybridized carbons (Fsp3) is 0.250. The van der Waals surface area contributed by atoms with E-state index in [0.29, 0.717) is 6.61 Å². The fourth-order valence-electron chi connectivity index (χ4n) is 1.84. The molecule has 0 saturated heterocycles. The van der Waals surface area contributed by atoms with Crippen molar-refractivity contribution in [3.8, 4) is 16.9 Å². The Labute approximate surface area is 103 Å². The molecule has 0 aliphatic rings. The highest BCUT2D eigenvalue weighted by Gasteiger charge is 2.03. The highest BCUT2D eigenvalue weighted by atomic mass is 16.5. The summed E-state index contributed by atoms with van der Waals surface area (Å²) in [5.74, 6) is 0.977. The first kappa shape index (κ1) is 11.7. The molecule has 0 atom stereocenters. The molecule has 0 aliphatic carbocycles. The largest absolute Gasteiger partial charge is 0.494 e. The lowest BCUT2D eigenvalue weighted by molar-refractivity contribution is 0.338. The molecule has 1 heteroatoms. The lowest BCUT2D eigenvalue weighted by Gasteiger charge is -2.09. The number of rotatable bonds is 3. The van der Waals surface area contributed by atoms with Gasteiger partial charge in [-0.05, 0) is 43.5 Å². The minimum Gasteiger partial charge on any atom is -0.494 e. The standard InChI is InChI=1S/C16H18O/c1-4-17-16-11-15(10-7-13(16)3)14-8-5-12(2)6-9-14/h5-11H,4H2,1-3H3. The molecule has 2 aromatic rings. The molecule has 2 rings (SSSR count). The second-order valence-electron chi connectivity index (χ2n) is 4.28. The van der Waals surface area contributed by atoms with Crippen molar-refractivity contribution in [1.29, 1.82) is 0 Å². The van der Waals surface area contributed by atoms with Crippen molar-refractivity contribution in [1.82, 2.24) is 0 Å². The maximum absolute atomic E-state index is 5.62. The summed E-state index contributed by atoms with van der Waals surface area (Å²) in [5, 5.41) is 0. The van der Waals surface area contributed by atoms with Gasteiger partial charge >= 0.3 is 0 Å². The van der Waals surface area contributed by atoms with Crippen molar-refractivity contribution in [2.45, 2.75) is 20.8 Å². The van der Waals surface area contributed by atoms with Crippen molar-refractivity contribution >= 4 is 0 Å². The Hall–Kier alpha value is -1.76. The highest BCUT2D eigenvalue weighted by molar-refractivity contribution is 5.66. The fourth-order valence-corrected chi connectivity index (χ4v) is 1.84. The molecule has 0 unspecified atom stereocenters. The average molecular weight is 226 g/mol. The number of hydrogen-bond acceptors (Lipinski definition) is 1. The molecule has 2 aromatic carbocycles. The van der Waals surface area contributed by atoms with E-state index in [1.165, 1.54) is 22.3 Å². The quantitative estimate of drug-likeness (QED) is 0.755. The Morgan fingerprint density at radius 2 is 1.53 bits per heavy atom. The van der Waals surface area contributed by atoms with Gasteiger partial charge in [0, 0.05) is 0 Å². The van der Waals surface area contributed by atoms with E-state index in [1.54, 1.807) is 0 Å². The minimum absolute atomic E-state index is 0.707. The van der Waals surface area contributed by atoms with Crippen LogP contribution in [-0.4, -0.2) is 6.61 Å². The average Bonchev–Trinajstić information content (AvgIpc) is 2.33. The predicted molar refractivity (Wildman–Crippen MR) is 72.5 cm³/mol. The zero-order valence-electron chi connectivity index (χ0n) is 10.7. The first-order valence-corrected chi connectivity index (χ1v) is 6.01. The van der Waals surface area contributed by atoms with Crippen LogP contribution in [0.3, 0.4) is 0 Å². The van der Waals surface area contributed by atoms with Gasteiger partial charge in [0.25, 0.3) is 0 Å². The molecule has 1 nitrogen and oxygen atoms in total. The molecule has 0 spiro atoms. The van der Waals surface area contributed by atoms with Crippen molar-refractivity contribution < 1.29 is 4.74 Å². The van der Waals surface area contributed by atoms with Crippen LogP contribution in [0.5, 0.6) is 5.75 Å². The summed E-state index contributed by atoms with van der Waals surface area (Å²) in [6.45, 7) is 6.89. The molecular weight excluding hydrogens is 208 g/mol. The SMILES string of the molecule is CCOc1cc(-c2ccc(C)cc2)ccc1C. The van der Waals surface area contributed by atoms with Gasteiger partial charge in [0.05, 0.1) is 6.61 Å². The first-order valence-electron chi connectivity index (χ1n) is 6.01. The Balaban J connectivity index is 2.39. The van der Waals surface area contributed by atoms with Gasteiger partial charge in [0.2, 0.25) is 0 Å². The van der Waals surface area contributed by atoms with Gasteiger partial charge in [-0.3, -0.25) is 0 Å². The maximum atomic E-state index is 5.62. The molecule has 0 bridgehead atoms. The zero-order valence-corrected chi connectivity index (χ0v) is 10.7. The minimum atomic E-state index is 0.707. The lowest BCUT2D eigenvalue weighted by Crippen LogP contribution is -1.94. The van der Waals surface area contributed by atoms with Gasteiger partial charge in [-0.1, -0.05) is 42.0 Å². The summed E-state index contributed by atoms with van der Waals surface area (Å²) in [7, 11) is 0. The van der Waals surface area contributed by atoms with Crippen LogP contribution in [0.4, 0.5) is 0 Å². The second-order valence-corrected chi connectivity index (χ2v) is 4.28. The van der Waals surface area contributed by atoms with Crippen molar-refractivity contribution in [2.75, 3.05) is 6.61 Å². The third-order valence-corrected chi connectivity index (χ3v) is 2.87. The number of ether oxygens (including phenoxy) is 1. The smallest absolute Gasteiger partial charge is 0.122 e. The van der Waals surface area contributed by atoms with E-state index >= 15 is 0 Å². The molecule has 0 fully saturated rings. The van der Waals surface area contributed by atoms with Gasteiger partial charge in [0.1, 0.15) is 5.75 Å². The van der Waals surface area contributed by atoms with Crippen LogP contribution in [0, 0.1) is 13.8 Å². The van der Waals surface area contributed by atoms with Crippen LogP contribution in [0.1, 0.15) is 18.1 Å². The van der Waals surface area contributed by atoms with Gasteiger partial charge in [0.15, 0.2) is 0 Å². The third-order valence-electron chi connectivity index (χ3n) is 2.87. The third kappa shape index (κ3) is 2.68. The van der Waals surface area contributed by atoms with Crippen molar-refractivity contribution in [2.24, 2.45) is 0 Å². The van der Waals surface area contributed by atoms with Crippen LogP contribution < -0.4 is 4.74 Å². The van der Waals surface area contributed by atoms with Crippen molar-refractivity contribution in [3.05, 3.63) is 53.6 Å². The Morgan fingerprint density at radius 1 is 0.882 bits per heavy atom. The Bertz CT molecular complexity index is 497. The summed E-state index contributed by atoms with van der Waals surface area (Å²) in [6, 6.07) is 14.9. The van der Waals surface area contributed by atoms with Gasteiger partial charge < -0.3 is 4.74 Å². The lowest BCUT2D eigenvalue weighted by atomic mass is 10.0. The van der Waals surface area contributed by atoms with Gasteiger partial charge in [-0.2, -0.15) is 0 Å². The Kier molecular flexibility index (Phi) is 3.48. The van der Waals surface area contributed by atoms with Crippen LogP contribution in [0.15, 0.2) is 42.5 Å². The molecule has 17 heavy (non-hydrogen) atoms. The normalized spacial score (nSPS) is 10.3. The molecule has 0 N–H and O–H groups in total. The van der Waals surface area contributed by atoms with E-state index in [0.717, 1.165) is 5.75 Å². The van der Waals surface area contributed by atoms with E-state index in [1.807, 2.05) is 6.92 Å². The summed E-state index contributed by atoms with van der Waals surface area (Å²) < 4.78 is 5.62. The maximum Gasteiger partial charge on any atom is 0.122 e. The topological polar surface area (TPSA) is 9.23 Å². The summed E-state index contributed by atoms with van der Waals surface area (Å²) in [6.07, 6.45) is 0. The molecular formula is C16H18O. The highest BCUT2D eigenvalue weighted by Crippen LogP contribution is 2.27. The second kappa shape index (κ2) is 5.05. The van der Waals surface area contributed by atoms with Crippen LogP contribution in [0.25, 0.3) is 11.1 Å². The zero-order chi connectivity index (χ0) is 12.3. The summed E-state index contributed by atoms with van der Waals surface area (Å²) in [5.41, 5.74) is 4.91. The molecule has 0 amide bonds. The monoisotopic (exact) mass is 226 g/mol. The molecule has 0 heterocycles. The van der Waals surface area contributed by atoms with E-state index < -0.39 is 0 Å². The van der Waals surface area contributed by atoms with Crippen LogP contribution in [-0.2, 0) is 0 Å². The Morgan fingerprint density at radius 3 is 2.18 bits per heavy atom. The van der Waals surface area contributed by atoms with Crippen LogP contribution >= 0.6 is 0 Å². The van der Waals surface area contributed by atoms with E-state index in [4.69, 9.17) is 4.74 Å². The summed E-state index contributed by atoms with van der Waals surface area (Å²) >= 11 is 0. The number of hydrogen-bond donors (Lipinski definition) is 0. The van der Waals surface area contributed by atoms with E-state index in [9.17, 15) is 0 Å². The van der Waals surface area contributed by atoms with E-state index in [-0.39, 0.29) is 0 Å². The van der Waals surface area contributed by atoms with E-state index in [2.05, 4.69) is 56.3 Å². The molecule has 0 aliphatic heterocycles. The van der Waals surface area contributed by atoms with Gasteiger partial charge in [-0.25, -0.2) is 0 Å². The first-order chi connectivity index (χ1) is 8.20. The molecule has 0 radical (unpaired) electrons. The summed E-state index contributed by atoms with van der Waals surface area (Å²) in [4.78, 5) is 0. The predicted octanol–water partition coefficient (Wildman–Crippen LogP) is 4.37. The number of benzene rings is 2.